The minimum absolute atomic E-state index is 0.0113. The first kappa shape index (κ1) is 12.9. The number of halogens is 2. The second-order valence-electron chi connectivity index (χ2n) is 3.77. The van der Waals surface area contributed by atoms with Crippen LogP contribution >= 0.6 is 15.9 Å². The van der Waals surface area contributed by atoms with Crippen LogP contribution in [0, 0.1) is 5.82 Å². The third kappa shape index (κ3) is 2.33. The van der Waals surface area contributed by atoms with Crippen molar-refractivity contribution >= 4 is 21.7 Å². The van der Waals surface area contributed by atoms with Crippen LogP contribution in [0.25, 0.3) is 0 Å². The molecule has 0 aliphatic carbocycles. The number of carbonyl (C=O) groups is 1. The summed E-state index contributed by atoms with van der Waals surface area (Å²) in [5, 5.41) is 7.52. The summed E-state index contributed by atoms with van der Waals surface area (Å²) in [6.45, 7) is 2.54. The van der Waals surface area contributed by atoms with Crippen LogP contribution in [0.2, 0.25) is 0 Å². The summed E-state index contributed by atoms with van der Waals surface area (Å²) in [6.07, 6.45) is 2.18. The second kappa shape index (κ2) is 5.39. The summed E-state index contributed by atoms with van der Waals surface area (Å²) in [5.74, 6) is -0.975. The highest BCUT2D eigenvalue weighted by Gasteiger charge is 2.21. The normalized spacial score (nSPS) is 10.6. The first-order valence-electron chi connectivity index (χ1n) is 5.52. The van der Waals surface area contributed by atoms with Crippen molar-refractivity contribution in [1.82, 2.24) is 15.0 Å². The third-order valence-electron chi connectivity index (χ3n) is 2.48. The summed E-state index contributed by atoms with van der Waals surface area (Å²) < 4.78 is 15.6. The molecule has 1 aromatic carbocycles. The maximum absolute atomic E-state index is 13.7. The first-order valence-corrected chi connectivity index (χ1v) is 6.31. The number of ketones is 1. The predicted octanol–water partition coefficient (Wildman–Crippen LogP) is 2.82. The van der Waals surface area contributed by atoms with Gasteiger partial charge in [0.15, 0.2) is 0 Å². The number of hydrogen-bond acceptors (Lipinski definition) is 3. The summed E-state index contributed by atoms with van der Waals surface area (Å²) in [6, 6.07) is 4.42. The summed E-state index contributed by atoms with van der Waals surface area (Å²) in [4.78, 5) is 12.3. The van der Waals surface area contributed by atoms with Crippen LogP contribution in [0.1, 0.15) is 29.4 Å². The number of aryl methyl sites for hydroxylation is 1. The molecule has 0 N–H and O–H groups in total. The molecular weight excluding hydrogens is 301 g/mol. The minimum Gasteiger partial charge on any atom is -0.287 e. The Morgan fingerprint density at radius 2 is 2.28 bits per heavy atom. The van der Waals surface area contributed by atoms with Crippen LogP contribution in [-0.2, 0) is 6.54 Å². The molecule has 6 heteroatoms. The highest BCUT2D eigenvalue weighted by molar-refractivity contribution is 9.10. The summed E-state index contributed by atoms with van der Waals surface area (Å²) in [7, 11) is 0. The van der Waals surface area contributed by atoms with Crippen LogP contribution in [0.4, 0.5) is 4.39 Å². The van der Waals surface area contributed by atoms with Gasteiger partial charge in [0.25, 0.3) is 0 Å². The van der Waals surface area contributed by atoms with Crippen molar-refractivity contribution in [3.8, 4) is 0 Å². The van der Waals surface area contributed by atoms with Gasteiger partial charge < -0.3 is 0 Å². The average molecular weight is 312 g/mol. The molecule has 0 saturated carbocycles. The second-order valence-corrected chi connectivity index (χ2v) is 4.62. The quantitative estimate of drug-likeness (QED) is 0.816. The number of nitrogens with zero attached hydrogens (tertiary/aromatic N) is 3. The average Bonchev–Trinajstić information content (AvgIpc) is 2.77. The number of benzene rings is 1. The van der Waals surface area contributed by atoms with E-state index in [0.29, 0.717) is 16.7 Å². The lowest BCUT2D eigenvalue weighted by molar-refractivity contribution is 0.102. The van der Waals surface area contributed by atoms with E-state index in [9.17, 15) is 9.18 Å². The molecule has 0 spiro atoms. The van der Waals surface area contributed by atoms with Crippen molar-refractivity contribution in [2.45, 2.75) is 19.9 Å². The fourth-order valence-electron chi connectivity index (χ4n) is 1.65. The van der Waals surface area contributed by atoms with Gasteiger partial charge in [-0.1, -0.05) is 18.2 Å². The van der Waals surface area contributed by atoms with Crippen molar-refractivity contribution in [2.75, 3.05) is 0 Å². The van der Waals surface area contributed by atoms with E-state index in [0.717, 1.165) is 6.42 Å². The third-order valence-corrected chi connectivity index (χ3v) is 3.14. The lowest BCUT2D eigenvalue weighted by Gasteiger charge is -2.06. The number of hydrogen-bond donors (Lipinski definition) is 0. The lowest BCUT2D eigenvalue weighted by atomic mass is 10.1. The molecule has 0 aliphatic heterocycles. The fourth-order valence-corrected chi connectivity index (χ4v) is 2.18. The van der Waals surface area contributed by atoms with Gasteiger partial charge >= 0.3 is 0 Å². The first-order chi connectivity index (χ1) is 8.65. The molecule has 2 rings (SSSR count). The van der Waals surface area contributed by atoms with Gasteiger partial charge in [-0.05, 0) is 34.5 Å². The molecule has 0 radical (unpaired) electrons. The van der Waals surface area contributed by atoms with Gasteiger partial charge in [0.1, 0.15) is 11.5 Å². The van der Waals surface area contributed by atoms with Crippen LogP contribution in [0.3, 0.4) is 0 Å². The standard InChI is InChI=1S/C12H11BrFN3O/c1-2-6-17-10(7-15-16-17)12(18)11-8(13)4-3-5-9(11)14/h3-5,7H,2,6H2,1H3. The Hall–Kier alpha value is -1.56. The van der Waals surface area contributed by atoms with Crippen LogP contribution in [0.15, 0.2) is 28.9 Å². The van der Waals surface area contributed by atoms with Gasteiger partial charge in [-0.2, -0.15) is 0 Å². The molecule has 1 aromatic heterocycles. The van der Waals surface area contributed by atoms with E-state index in [-0.39, 0.29) is 5.56 Å². The molecular formula is C12H11BrFN3O. The Morgan fingerprint density at radius 1 is 1.50 bits per heavy atom. The number of aromatic nitrogens is 3. The topological polar surface area (TPSA) is 47.8 Å². The Bertz CT molecular complexity index is 562. The molecule has 0 amide bonds. The molecule has 0 fully saturated rings. The fraction of sp³-hybridized carbons (Fsp3) is 0.250. The minimum atomic E-state index is -0.557. The zero-order chi connectivity index (χ0) is 13.1. The largest absolute Gasteiger partial charge is 0.287 e. The Morgan fingerprint density at radius 3 is 2.94 bits per heavy atom. The molecule has 0 aliphatic rings. The molecule has 94 valence electrons. The molecule has 0 saturated heterocycles. The van der Waals surface area contributed by atoms with E-state index in [1.54, 1.807) is 6.07 Å². The lowest BCUT2D eigenvalue weighted by Crippen LogP contribution is -2.13. The highest BCUT2D eigenvalue weighted by Crippen LogP contribution is 2.22. The van der Waals surface area contributed by atoms with Crippen molar-refractivity contribution < 1.29 is 9.18 Å². The zero-order valence-corrected chi connectivity index (χ0v) is 11.3. The van der Waals surface area contributed by atoms with E-state index in [1.807, 2.05) is 6.92 Å². The summed E-state index contributed by atoms with van der Waals surface area (Å²) >= 11 is 3.19. The maximum atomic E-state index is 13.7. The molecule has 18 heavy (non-hydrogen) atoms. The SMILES string of the molecule is CCCn1nncc1C(=O)c1c(F)cccc1Br. The highest BCUT2D eigenvalue weighted by atomic mass is 79.9. The molecule has 4 nitrogen and oxygen atoms in total. The van der Waals surface area contributed by atoms with Crippen LogP contribution in [0.5, 0.6) is 0 Å². The van der Waals surface area contributed by atoms with E-state index >= 15 is 0 Å². The van der Waals surface area contributed by atoms with E-state index < -0.39 is 11.6 Å². The van der Waals surface area contributed by atoms with Crippen molar-refractivity contribution in [3.63, 3.8) is 0 Å². The van der Waals surface area contributed by atoms with Gasteiger partial charge in [-0.25, -0.2) is 9.07 Å². The molecule has 0 unspecified atom stereocenters. The smallest absolute Gasteiger partial charge is 0.216 e. The zero-order valence-electron chi connectivity index (χ0n) is 9.73. The van der Waals surface area contributed by atoms with E-state index in [1.165, 1.54) is 23.0 Å². The Balaban J connectivity index is 2.45. The number of rotatable bonds is 4. The van der Waals surface area contributed by atoms with Gasteiger partial charge in [-0.15, -0.1) is 5.10 Å². The van der Waals surface area contributed by atoms with Gasteiger partial charge in [0.2, 0.25) is 5.78 Å². The van der Waals surface area contributed by atoms with Crippen molar-refractivity contribution in [1.29, 1.82) is 0 Å². The molecule has 2 aromatic rings. The molecule has 0 atom stereocenters. The Labute approximate surface area is 112 Å². The Kier molecular flexibility index (Phi) is 3.86. The summed E-state index contributed by atoms with van der Waals surface area (Å²) in [5.41, 5.74) is 0.305. The van der Waals surface area contributed by atoms with Gasteiger partial charge in [0.05, 0.1) is 11.8 Å². The van der Waals surface area contributed by atoms with E-state index in [2.05, 4.69) is 26.2 Å². The van der Waals surface area contributed by atoms with Crippen molar-refractivity contribution in [3.05, 3.63) is 45.9 Å². The maximum Gasteiger partial charge on any atom is 0.216 e. The van der Waals surface area contributed by atoms with E-state index in [4.69, 9.17) is 0 Å². The predicted molar refractivity (Wildman–Crippen MR) is 67.8 cm³/mol. The van der Waals surface area contributed by atoms with Gasteiger partial charge in [-0.3, -0.25) is 4.79 Å². The van der Waals surface area contributed by atoms with Crippen LogP contribution in [-0.4, -0.2) is 20.8 Å². The number of carbonyl (C=O) groups excluding carboxylic acids is 1. The van der Waals surface area contributed by atoms with Crippen LogP contribution < -0.4 is 0 Å². The molecule has 1 heterocycles. The monoisotopic (exact) mass is 311 g/mol. The molecule has 0 bridgehead atoms. The van der Waals surface area contributed by atoms with Gasteiger partial charge in [0, 0.05) is 11.0 Å². The van der Waals surface area contributed by atoms with Crippen molar-refractivity contribution in [2.24, 2.45) is 0 Å².